The fourth-order valence-electron chi connectivity index (χ4n) is 5.30. The highest BCUT2D eigenvalue weighted by Crippen LogP contribution is 2.59. The van der Waals surface area contributed by atoms with Gasteiger partial charge in [-0.25, -0.2) is 0 Å². The zero-order valence-corrected chi connectivity index (χ0v) is 23.4. The lowest BCUT2D eigenvalue weighted by Gasteiger charge is -2.38. The van der Waals surface area contributed by atoms with Gasteiger partial charge >= 0.3 is 7.80 Å². The van der Waals surface area contributed by atoms with E-state index < -0.39 is 7.80 Å². The molecule has 1 aliphatic heterocycles. The Balaban J connectivity index is 2.66. The lowest BCUT2D eigenvalue weighted by atomic mass is 9.70. The molecule has 1 fully saturated rings. The number of rotatable bonds is 5. The van der Waals surface area contributed by atoms with E-state index in [9.17, 15) is 4.57 Å². The van der Waals surface area contributed by atoms with E-state index in [0.717, 1.165) is 12.6 Å². The average molecular weight is 446 g/mol. The van der Waals surface area contributed by atoms with Crippen LogP contribution in [0.15, 0.2) is 12.1 Å². The molecule has 176 valence electrons. The Labute approximate surface area is 195 Å². The third-order valence-corrected chi connectivity index (χ3v) is 9.79. The van der Waals surface area contributed by atoms with Crippen molar-refractivity contribution < 1.29 is 4.57 Å². The summed E-state index contributed by atoms with van der Waals surface area (Å²) in [5.74, 6) is 0. The van der Waals surface area contributed by atoms with E-state index >= 15 is 0 Å². The van der Waals surface area contributed by atoms with Crippen LogP contribution in [0.1, 0.15) is 143 Å². The fourth-order valence-corrected chi connectivity index (χ4v) is 7.71. The van der Waals surface area contributed by atoms with Gasteiger partial charge in [0.15, 0.2) is 11.8 Å². The summed E-state index contributed by atoms with van der Waals surface area (Å²) < 4.78 is 13.9. The first kappa shape index (κ1) is 26.6. The van der Waals surface area contributed by atoms with E-state index in [-0.39, 0.29) is 21.9 Å². The van der Waals surface area contributed by atoms with Crippen LogP contribution in [0, 0.1) is 5.41 Å². The van der Waals surface area contributed by atoms with Crippen LogP contribution in [0.5, 0.6) is 0 Å². The molecule has 1 nitrogen and oxygen atoms in total. The van der Waals surface area contributed by atoms with Crippen molar-refractivity contribution in [1.29, 1.82) is 0 Å². The molecule has 2 heteroatoms. The molecule has 1 saturated heterocycles. The molecule has 1 aromatic rings. The van der Waals surface area contributed by atoms with Gasteiger partial charge in [-0.1, -0.05) is 106 Å². The van der Waals surface area contributed by atoms with Gasteiger partial charge in [-0.05, 0) is 58.6 Å². The average Bonchev–Trinajstić information content (AvgIpc) is 2.63. The van der Waals surface area contributed by atoms with Crippen LogP contribution in [0.4, 0.5) is 0 Å². The van der Waals surface area contributed by atoms with Crippen molar-refractivity contribution in [1.82, 2.24) is 0 Å². The molecule has 0 spiro atoms. The maximum Gasteiger partial charge on any atom is 0.347 e. The topological polar surface area (TPSA) is 17.1 Å². The molecule has 0 radical (unpaired) electrons. The SMILES string of the molecule is CCCCC1(CC)CCC(c2c(C(C)(C)C)cc(C(C)(C)C)cc2C(C)(C)C)[P+](=O)C1. The van der Waals surface area contributed by atoms with Crippen molar-refractivity contribution in [2.24, 2.45) is 5.41 Å². The summed E-state index contributed by atoms with van der Waals surface area (Å²) >= 11 is 0. The fraction of sp³-hybridized carbons (Fsp3) is 0.793. The maximum atomic E-state index is 13.9. The second kappa shape index (κ2) is 9.29. The molecule has 31 heavy (non-hydrogen) atoms. The maximum absolute atomic E-state index is 13.9. The van der Waals surface area contributed by atoms with Crippen LogP contribution in [0.3, 0.4) is 0 Å². The Hall–Kier alpha value is -0.680. The second-order valence-electron chi connectivity index (χ2n) is 13.3. The molecule has 0 aliphatic carbocycles. The molecule has 0 amide bonds. The van der Waals surface area contributed by atoms with Gasteiger partial charge in [0, 0.05) is 11.0 Å². The standard InChI is InChI=1S/C29H50OP/c1-12-14-16-29(13-2)17-15-24(31(30)20-29)25-22(27(6,7)8)18-21(26(3,4)5)19-23(25)28(9,10)11/h18-19,24H,12-17,20H2,1-11H3/q+1. The first-order valence-electron chi connectivity index (χ1n) is 12.7. The summed E-state index contributed by atoms with van der Waals surface area (Å²) in [4.78, 5) is 0. The van der Waals surface area contributed by atoms with Crippen molar-refractivity contribution >= 4 is 7.80 Å². The van der Waals surface area contributed by atoms with Gasteiger partial charge in [-0.3, -0.25) is 0 Å². The number of benzene rings is 1. The normalized spacial score (nSPS) is 24.5. The second-order valence-corrected chi connectivity index (χ2v) is 15.1. The first-order valence-corrected chi connectivity index (χ1v) is 14.2. The Morgan fingerprint density at radius 1 is 0.903 bits per heavy atom. The molecule has 0 N–H and O–H groups in total. The van der Waals surface area contributed by atoms with E-state index in [0.29, 0.717) is 5.41 Å². The lowest BCUT2D eigenvalue weighted by molar-refractivity contribution is 0.237. The summed E-state index contributed by atoms with van der Waals surface area (Å²) in [5.41, 5.74) is 6.36. The highest BCUT2D eigenvalue weighted by molar-refractivity contribution is 7.45. The molecule has 0 saturated carbocycles. The molecule has 3 atom stereocenters. The molecule has 2 rings (SSSR count). The highest BCUT2D eigenvalue weighted by atomic mass is 31.1. The molecule has 1 aromatic carbocycles. The number of hydrogen-bond donors (Lipinski definition) is 0. The zero-order chi connectivity index (χ0) is 23.8. The smallest absolute Gasteiger partial charge is 0.0741 e. The van der Waals surface area contributed by atoms with E-state index in [2.05, 4.69) is 88.3 Å². The number of unbranched alkanes of at least 4 members (excludes halogenated alkanes) is 1. The molecular weight excluding hydrogens is 395 g/mol. The summed E-state index contributed by atoms with van der Waals surface area (Å²) in [5, 5.41) is 0. The Morgan fingerprint density at radius 2 is 1.42 bits per heavy atom. The molecule has 0 bridgehead atoms. The quantitative estimate of drug-likeness (QED) is 0.412. The van der Waals surface area contributed by atoms with Gasteiger partial charge in [0.25, 0.3) is 0 Å². The number of hydrogen-bond acceptors (Lipinski definition) is 1. The predicted molar refractivity (Wildman–Crippen MR) is 139 cm³/mol. The van der Waals surface area contributed by atoms with Gasteiger partial charge < -0.3 is 0 Å². The van der Waals surface area contributed by atoms with Crippen molar-refractivity contribution in [3.8, 4) is 0 Å². The lowest BCUT2D eigenvalue weighted by Crippen LogP contribution is -2.31. The van der Waals surface area contributed by atoms with Gasteiger partial charge in [0.2, 0.25) is 0 Å². The van der Waals surface area contributed by atoms with E-state index in [1.165, 1.54) is 54.4 Å². The molecule has 1 heterocycles. The van der Waals surface area contributed by atoms with Gasteiger partial charge in [-0.2, -0.15) is 0 Å². The van der Waals surface area contributed by atoms with Crippen LogP contribution in [0.25, 0.3) is 0 Å². The van der Waals surface area contributed by atoms with Crippen LogP contribution in [-0.2, 0) is 20.8 Å². The van der Waals surface area contributed by atoms with Crippen molar-refractivity contribution in [2.45, 2.75) is 137 Å². The van der Waals surface area contributed by atoms with Gasteiger partial charge in [0.1, 0.15) is 0 Å². The monoisotopic (exact) mass is 445 g/mol. The molecular formula is C29H50OP+. The Morgan fingerprint density at radius 3 is 1.77 bits per heavy atom. The van der Waals surface area contributed by atoms with Crippen molar-refractivity contribution in [3.63, 3.8) is 0 Å². The Kier molecular flexibility index (Phi) is 7.96. The minimum absolute atomic E-state index is 0.0360. The first-order chi connectivity index (χ1) is 14.1. The molecule has 3 unspecified atom stereocenters. The highest BCUT2D eigenvalue weighted by Gasteiger charge is 2.49. The van der Waals surface area contributed by atoms with E-state index in [1.54, 1.807) is 0 Å². The van der Waals surface area contributed by atoms with Gasteiger partial charge in [0.05, 0.1) is 0 Å². The third-order valence-electron chi connectivity index (χ3n) is 7.59. The third kappa shape index (κ3) is 6.01. The van der Waals surface area contributed by atoms with E-state index in [4.69, 9.17) is 0 Å². The summed E-state index contributed by atoms with van der Waals surface area (Å²) in [6.07, 6.45) is 8.13. The summed E-state index contributed by atoms with van der Waals surface area (Å²) in [6.45, 7) is 25.5. The summed E-state index contributed by atoms with van der Waals surface area (Å²) in [6, 6.07) is 4.90. The van der Waals surface area contributed by atoms with Crippen LogP contribution < -0.4 is 0 Å². The van der Waals surface area contributed by atoms with Crippen LogP contribution >= 0.6 is 7.80 Å². The molecule has 0 aromatic heterocycles. The minimum atomic E-state index is -1.26. The summed E-state index contributed by atoms with van der Waals surface area (Å²) in [7, 11) is -1.26. The molecule has 1 aliphatic rings. The van der Waals surface area contributed by atoms with Gasteiger partial charge in [-0.15, -0.1) is 0 Å². The van der Waals surface area contributed by atoms with Crippen LogP contribution in [0.2, 0.25) is 0 Å². The van der Waals surface area contributed by atoms with Crippen molar-refractivity contribution in [3.05, 3.63) is 34.4 Å². The van der Waals surface area contributed by atoms with E-state index in [1.807, 2.05) is 0 Å². The zero-order valence-electron chi connectivity index (χ0n) is 22.5. The van der Waals surface area contributed by atoms with Crippen molar-refractivity contribution in [2.75, 3.05) is 6.16 Å². The largest absolute Gasteiger partial charge is 0.347 e. The Bertz CT molecular complexity index is 749. The minimum Gasteiger partial charge on any atom is -0.0741 e. The van der Waals surface area contributed by atoms with Crippen LogP contribution in [-0.4, -0.2) is 6.16 Å². The predicted octanol–water partition coefficient (Wildman–Crippen LogP) is 9.83.